The molecule has 6 nitrogen and oxygen atoms in total. The van der Waals surface area contributed by atoms with Gasteiger partial charge in [0, 0.05) is 23.2 Å². The second-order valence-electron chi connectivity index (χ2n) is 6.81. The number of hydrogen-bond donors (Lipinski definition) is 2. The summed E-state index contributed by atoms with van der Waals surface area (Å²) >= 11 is 3.46. The largest absolute Gasteiger partial charge is 0.376 e. The summed E-state index contributed by atoms with van der Waals surface area (Å²) < 4.78 is 26.7. The van der Waals surface area contributed by atoms with E-state index in [9.17, 15) is 13.2 Å². The molecule has 2 aromatic rings. The number of nitrogens with zero attached hydrogens (tertiary/aromatic N) is 1. The summed E-state index contributed by atoms with van der Waals surface area (Å²) in [4.78, 5) is 12.3. The van der Waals surface area contributed by atoms with Crippen LogP contribution < -0.4 is 10.6 Å². The summed E-state index contributed by atoms with van der Waals surface area (Å²) in [5.74, 6) is -0.0391. The van der Waals surface area contributed by atoms with Crippen LogP contribution >= 0.6 is 15.9 Å². The van der Waals surface area contributed by atoms with Gasteiger partial charge in [0.1, 0.15) is 0 Å². The number of aryl methyl sites for hydroxylation is 1. The third-order valence-corrected chi connectivity index (χ3v) is 7.31. The van der Waals surface area contributed by atoms with E-state index in [1.807, 2.05) is 43.3 Å². The van der Waals surface area contributed by atoms with Gasteiger partial charge < -0.3 is 10.6 Å². The lowest BCUT2D eigenvalue weighted by Crippen LogP contribution is -2.37. The minimum absolute atomic E-state index is 0.106. The van der Waals surface area contributed by atoms with Gasteiger partial charge in [-0.2, -0.15) is 4.31 Å². The molecule has 0 saturated heterocycles. The zero-order valence-corrected chi connectivity index (χ0v) is 18.4. The fraction of sp³-hybridized carbons (Fsp3) is 0.350. The predicted octanol–water partition coefficient (Wildman–Crippen LogP) is 3.52. The minimum atomic E-state index is -3.20. The number of nitrogens with one attached hydrogen (secondary N) is 2. The molecule has 1 aliphatic rings. The lowest BCUT2D eigenvalue weighted by Gasteiger charge is -2.29. The summed E-state index contributed by atoms with van der Waals surface area (Å²) in [5, 5.41) is 6.08. The van der Waals surface area contributed by atoms with Crippen molar-refractivity contribution in [3.05, 3.63) is 57.6 Å². The highest BCUT2D eigenvalue weighted by atomic mass is 79.9. The monoisotopic (exact) mass is 465 g/mol. The van der Waals surface area contributed by atoms with Crippen molar-refractivity contribution in [2.75, 3.05) is 29.5 Å². The molecule has 0 spiro atoms. The molecule has 8 heteroatoms. The van der Waals surface area contributed by atoms with Crippen molar-refractivity contribution in [3.63, 3.8) is 0 Å². The Morgan fingerprint density at radius 1 is 1.21 bits per heavy atom. The number of carbonyl (C=O) groups excluding carboxylic acids is 1. The summed E-state index contributed by atoms with van der Waals surface area (Å²) in [6.07, 6.45) is 0.628. The van der Waals surface area contributed by atoms with Crippen LogP contribution in [0.5, 0.6) is 0 Å². The molecule has 2 aromatic carbocycles. The standard InChI is InChI=1S/C20H24BrN3O3S/c1-3-28(26,27)24-10-9-16-15(13-24)5-4-6-18(16)22-12-20(25)23-19-8-7-14(2)11-17(19)21/h4-8,11,22H,3,9-10,12-13H2,1-2H3,(H,23,25). The van der Waals surface area contributed by atoms with Crippen molar-refractivity contribution < 1.29 is 13.2 Å². The molecule has 2 N–H and O–H groups in total. The molecule has 0 unspecified atom stereocenters. The van der Waals surface area contributed by atoms with Gasteiger partial charge in [0.25, 0.3) is 0 Å². The Kier molecular flexibility index (Phi) is 6.42. The molecular weight excluding hydrogens is 442 g/mol. The second-order valence-corrected chi connectivity index (χ2v) is 9.92. The average Bonchev–Trinajstić information content (AvgIpc) is 2.68. The number of halogens is 1. The van der Waals surface area contributed by atoms with E-state index in [4.69, 9.17) is 0 Å². The molecule has 0 aromatic heterocycles. The lowest BCUT2D eigenvalue weighted by molar-refractivity contribution is -0.114. The van der Waals surface area contributed by atoms with Gasteiger partial charge in [0.2, 0.25) is 15.9 Å². The molecule has 0 fully saturated rings. The summed E-state index contributed by atoms with van der Waals surface area (Å²) in [7, 11) is -3.20. The molecule has 150 valence electrons. The van der Waals surface area contributed by atoms with E-state index in [1.54, 1.807) is 6.92 Å². The third kappa shape index (κ3) is 4.74. The summed E-state index contributed by atoms with van der Waals surface area (Å²) in [5.41, 5.74) is 4.78. The number of fused-ring (bicyclic) bond motifs is 1. The van der Waals surface area contributed by atoms with Gasteiger partial charge in [0.15, 0.2) is 0 Å². The van der Waals surface area contributed by atoms with Crippen molar-refractivity contribution in [2.45, 2.75) is 26.8 Å². The van der Waals surface area contributed by atoms with E-state index in [0.717, 1.165) is 32.5 Å². The molecule has 0 atom stereocenters. The molecule has 1 heterocycles. The lowest BCUT2D eigenvalue weighted by atomic mass is 9.99. The van der Waals surface area contributed by atoms with Crippen LogP contribution in [0.15, 0.2) is 40.9 Å². The van der Waals surface area contributed by atoms with Crippen molar-refractivity contribution in [1.29, 1.82) is 0 Å². The molecule has 28 heavy (non-hydrogen) atoms. The van der Waals surface area contributed by atoms with Crippen LogP contribution in [0.1, 0.15) is 23.6 Å². The smallest absolute Gasteiger partial charge is 0.243 e. The number of sulfonamides is 1. The number of anilines is 2. The highest BCUT2D eigenvalue weighted by Crippen LogP contribution is 2.28. The quantitative estimate of drug-likeness (QED) is 0.683. The second kappa shape index (κ2) is 8.63. The highest BCUT2D eigenvalue weighted by Gasteiger charge is 2.26. The number of carbonyl (C=O) groups is 1. The SMILES string of the molecule is CCS(=O)(=O)N1CCc2c(cccc2NCC(=O)Nc2ccc(C)cc2Br)C1. The molecule has 1 aliphatic heterocycles. The van der Waals surface area contributed by atoms with Crippen LogP contribution in [0.25, 0.3) is 0 Å². The molecule has 0 bridgehead atoms. The Labute approximate surface area is 174 Å². The Morgan fingerprint density at radius 3 is 2.71 bits per heavy atom. The summed E-state index contributed by atoms with van der Waals surface area (Å²) in [6, 6.07) is 11.5. The van der Waals surface area contributed by atoms with Crippen LogP contribution in [0.4, 0.5) is 11.4 Å². The van der Waals surface area contributed by atoms with Gasteiger partial charge >= 0.3 is 0 Å². The molecule has 3 rings (SSSR count). The predicted molar refractivity (Wildman–Crippen MR) is 116 cm³/mol. The Morgan fingerprint density at radius 2 is 2.00 bits per heavy atom. The Bertz CT molecular complexity index is 992. The van der Waals surface area contributed by atoms with Crippen molar-refractivity contribution in [3.8, 4) is 0 Å². The topological polar surface area (TPSA) is 78.5 Å². The Hall–Kier alpha value is -1.90. The first-order chi connectivity index (χ1) is 13.3. The first-order valence-electron chi connectivity index (χ1n) is 9.18. The number of benzene rings is 2. The van der Waals surface area contributed by atoms with Gasteiger partial charge in [-0.15, -0.1) is 0 Å². The van der Waals surface area contributed by atoms with E-state index in [-0.39, 0.29) is 18.2 Å². The van der Waals surface area contributed by atoms with Crippen LogP contribution in [0, 0.1) is 6.92 Å². The highest BCUT2D eigenvalue weighted by molar-refractivity contribution is 9.10. The molecule has 0 saturated carbocycles. The van der Waals surface area contributed by atoms with Crippen LogP contribution in [0.3, 0.4) is 0 Å². The fourth-order valence-electron chi connectivity index (χ4n) is 3.26. The van der Waals surface area contributed by atoms with Crippen molar-refractivity contribution >= 4 is 43.2 Å². The maximum absolute atomic E-state index is 12.3. The maximum atomic E-state index is 12.3. The molecule has 0 aliphatic carbocycles. The fourth-order valence-corrected chi connectivity index (χ4v) is 4.92. The number of hydrogen-bond acceptors (Lipinski definition) is 4. The maximum Gasteiger partial charge on any atom is 0.243 e. The molecule has 0 radical (unpaired) electrons. The Balaban J connectivity index is 1.66. The number of rotatable bonds is 6. The van der Waals surface area contributed by atoms with Crippen molar-refractivity contribution in [1.82, 2.24) is 4.31 Å². The first kappa shape index (κ1) is 20.8. The van der Waals surface area contributed by atoms with Gasteiger partial charge in [-0.05, 0) is 71.1 Å². The molecule has 1 amide bonds. The zero-order valence-electron chi connectivity index (χ0n) is 16.0. The molecular formula is C20H24BrN3O3S. The van der Waals surface area contributed by atoms with Gasteiger partial charge in [-0.3, -0.25) is 4.79 Å². The minimum Gasteiger partial charge on any atom is -0.376 e. The van der Waals surface area contributed by atoms with Crippen LogP contribution in [-0.4, -0.2) is 37.5 Å². The number of amides is 1. The zero-order chi connectivity index (χ0) is 20.3. The van der Waals surface area contributed by atoms with E-state index >= 15 is 0 Å². The van der Waals surface area contributed by atoms with E-state index in [1.165, 1.54) is 4.31 Å². The normalized spacial score (nSPS) is 14.4. The average molecular weight is 466 g/mol. The van der Waals surface area contributed by atoms with Gasteiger partial charge in [-0.1, -0.05) is 18.2 Å². The van der Waals surface area contributed by atoms with Crippen LogP contribution in [0.2, 0.25) is 0 Å². The first-order valence-corrected chi connectivity index (χ1v) is 11.6. The van der Waals surface area contributed by atoms with Crippen LogP contribution in [-0.2, 0) is 27.8 Å². The van der Waals surface area contributed by atoms with E-state index in [0.29, 0.717) is 19.5 Å². The van der Waals surface area contributed by atoms with Gasteiger partial charge in [-0.25, -0.2) is 8.42 Å². The summed E-state index contributed by atoms with van der Waals surface area (Å²) in [6.45, 7) is 4.62. The van der Waals surface area contributed by atoms with E-state index < -0.39 is 10.0 Å². The van der Waals surface area contributed by atoms with Gasteiger partial charge in [0.05, 0.1) is 18.0 Å². The third-order valence-electron chi connectivity index (χ3n) is 4.83. The van der Waals surface area contributed by atoms with E-state index in [2.05, 4.69) is 26.6 Å². The van der Waals surface area contributed by atoms with Crippen molar-refractivity contribution in [2.24, 2.45) is 0 Å².